The van der Waals surface area contributed by atoms with Gasteiger partial charge in [0.25, 0.3) is 0 Å². The Morgan fingerprint density at radius 1 is 1.17 bits per heavy atom. The van der Waals surface area contributed by atoms with Crippen molar-refractivity contribution in [2.45, 2.75) is 19.9 Å². The molecule has 0 atom stereocenters. The third kappa shape index (κ3) is 4.40. The number of rotatable bonds is 5. The monoisotopic (exact) mass is 410 g/mol. The smallest absolute Gasteiger partial charge is 0.205 e. The van der Waals surface area contributed by atoms with E-state index < -0.39 is 0 Å². The van der Waals surface area contributed by atoms with Gasteiger partial charge in [-0.05, 0) is 17.7 Å². The first kappa shape index (κ1) is 19.4. The number of hydrogen-bond acceptors (Lipinski definition) is 6. The molecule has 3 aromatic rings. The molecule has 29 heavy (non-hydrogen) atoms. The average molecular weight is 411 g/mol. The molecule has 2 aromatic heterocycles. The molecular weight excluding hydrogens is 384 g/mol. The minimum Gasteiger partial charge on any atom is -0.352 e. The summed E-state index contributed by atoms with van der Waals surface area (Å²) >= 11 is 1.50. The molecule has 4 rings (SSSR count). The first-order valence-corrected chi connectivity index (χ1v) is 10.7. The quantitative estimate of drug-likeness (QED) is 0.513. The summed E-state index contributed by atoms with van der Waals surface area (Å²) in [6, 6.07) is 10.2. The maximum atomic E-state index is 4.61. The number of piperazine rings is 1. The number of nitrogens with zero attached hydrogens (tertiary/aromatic N) is 7. The minimum atomic E-state index is 0.694. The van der Waals surface area contributed by atoms with Gasteiger partial charge >= 0.3 is 0 Å². The summed E-state index contributed by atoms with van der Waals surface area (Å²) in [6.45, 7) is 6.43. The lowest BCUT2D eigenvalue weighted by Gasteiger charge is -2.36. The number of hydrogen-bond donors (Lipinski definition) is 1. The van der Waals surface area contributed by atoms with E-state index in [-0.39, 0.29) is 0 Å². The van der Waals surface area contributed by atoms with Crippen LogP contribution >= 0.6 is 11.5 Å². The Morgan fingerprint density at radius 2 is 2.00 bits per heavy atom. The van der Waals surface area contributed by atoms with Gasteiger partial charge in [-0.3, -0.25) is 4.99 Å². The van der Waals surface area contributed by atoms with Crippen LogP contribution in [0.25, 0.3) is 5.69 Å². The molecule has 9 heteroatoms. The van der Waals surface area contributed by atoms with Crippen molar-refractivity contribution in [2.24, 2.45) is 4.99 Å². The Kier molecular flexibility index (Phi) is 6.04. The molecular formula is C20H26N8S. The van der Waals surface area contributed by atoms with E-state index in [1.807, 2.05) is 30.1 Å². The van der Waals surface area contributed by atoms with Crippen molar-refractivity contribution < 1.29 is 0 Å². The maximum absolute atomic E-state index is 4.61. The second kappa shape index (κ2) is 9.04. The lowest BCUT2D eigenvalue weighted by molar-refractivity contribution is 0.372. The van der Waals surface area contributed by atoms with Crippen molar-refractivity contribution in [1.82, 2.24) is 29.4 Å². The maximum Gasteiger partial charge on any atom is 0.205 e. The average Bonchev–Trinajstić information content (AvgIpc) is 3.47. The molecule has 1 saturated heterocycles. The molecule has 0 aliphatic carbocycles. The van der Waals surface area contributed by atoms with Crippen molar-refractivity contribution in [3.63, 3.8) is 0 Å². The molecule has 0 amide bonds. The standard InChI is InChI=1S/C20H26N8S/c1-3-18-24-20(29-25-18)27-13-11-26(12-14-27)19(21-2)22-15-16-7-4-5-8-17(16)28-10-6-9-23-28/h4-10H,3,11-15H2,1-2H3,(H,21,22). The number of nitrogens with one attached hydrogen (secondary N) is 1. The summed E-state index contributed by atoms with van der Waals surface area (Å²) in [6.07, 6.45) is 4.64. The van der Waals surface area contributed by atoms with E-state index in [0.717, 1.165) is 55.2 Å². The molecule has 1 aliphatic rings. The van der Waals surface area contributed by atoms with Crippen molar-refractivity contribution in [3.05, 3.63) is 54.1 Å². The summed E-state index contributed by atoms with van der Waals surface area (Å²) in [5, 5.41) is 8.90. The Morgan fingerprint density at radius 3 is 2.69 bits per heavy atom. The fraction of sp³-hybridized carbons (Fsp3) is 0.400. The molecule has 1 N–H and O–H groups in total. The highest BCUT2D eigenvalue weighted by Gasteiger charge is 2.22. The van der Waals surface area contributed by atoms with Gasteiger partial charge in [0.15, 0.2) is 5.96 Å². The van der Waals surface area contributed by atoms with E-state index in [1.54, 1.807) is 6.20 Å². The number of benzene rings is 1. The molecule has 152 valence electrons. The van der Waals surface area contributed by atoms with Gasteiger partial charge in [-0.15, -0.1) is 0 Å². The molecule has 8 nitrogen and oxygen atoms in total. The van der Waals surface area contributed by atoms with Crippen LogP contribution in [0.15, 0.2) is 47.7 Å². The van der Waals surface area contributed by atoms with E-state index in [4.69, 9.17) is 0 Å². The van der Waals surface area contributed by atoms with Crippen LogP contribution in [0.4, 0.5) is 5.13 Å². The second-order valence-electron chi connectivity index (χ2n) is 6.80. The van der Waals surface area contributed by atoms with Gasteiger partial charge in [0.2, 0.25) is 5.13 Å². The fourth-order valence-corrected chi connectivity index (χ4v) is 4.23. The van der Waals surface area contributed by atoms with Crippen molar-refractivity contribution in [2.75, 3.05) is 38.1 Å². The van der Waals surface area contributed by atoms with Gasteiger partial charge in [0.1, 0.15) is 5.82 Å². The van der Waals surface area contributed by atoms with Crippen LogP contribution in [0, 0.1) is 0 Å². The van der Waals surface area contributed by atoms with Crippen molar-refractivity contribution >= 4 is 22.6 Å². The number of aromatic nitrogens is 4. The van der Waals surface area contributed by atoms with Crippen LogP contribution in [-0.4, -0.2) is 63.2 Å². The lowest BCUT2D eigenvalue weighted by atomic mass is 10.2. The fourth-order valence-electron chi connectivity index (χ4n) is 3.43. The SMILES string of the molecule is CCc1nsc(N2CCN(C(=NC)NCc3ccccc3-n3cccn3)CC2)n1. The van der Waals surface area contributed by atoms with Crippen LogP contribution < -0.4 is 10.2 Å². The summed E-state index contributed by atoms with van der Waals surface area (Å²) in [5.41, 5.74) is 2.25. The molecule has 0 unspecified atom stereocenters. The number of anilines is 1. The zero-order valence-electron chi connectivity index (χ0n) is 16.8. The summed E-state index contributed by atoms with van der Waals surface area (Å²) in [7, 11) is 1.84. The normalized spacial score (nSPS) is 15.0. The van der Waals surface area contributed by atoms with Crippen LogP contribution in [0.2, 0.25) is 0 Å². The lowest BCUT2D eigenvalue weighted by Crippen LogP contribution is -2.52. The molecule has 3 heterocycles. The second-order valence-corrected chi connectivity index (χ2v) is 7.53. The Bertz CT molecular complexity index is 941. The predicted molar refractivity (Wildman–Crippen MR) is 117 cm³/mol. The van der Waals surface area contributed by atoms with E-state index in [9.17, 15) is 0 Å². The molecule has 0 saturated carbocycles. The van der Waals surface area contributed by atoms with Crippen molar-refractivity contribution in [1.29, 1.82) is 0 Å². The highest BCUT2D eigenvalue weighted by Crippen LogP contribution is 2.19. The topological polar surface area (TPSA) is 74.5 Å². The van der Waals surface area contributed by atoms with Gasteiger partial charge in [-0.2, -0.15) is 9.47 Å². The summed E-state index contributed by atoms with van der Waals surface area (Å²) in [4.78, 5) is 13.7. The van der Waals surface area contributed by atoms with Crippen LogP contribution in [0.3, 0.4) is 0 Å². The number of aryl methyl sites for hydroxylation is 1. The number of aliphatic imine (C=N–C) groups is 1. The highest BCUT2D eigenvalue weighted by atomic mass is 32.1. The first-order chi connectivity index (χ1) is 14.3. The largest absolute Gasteiger partial charge is 0.352 e. The Labute approximate surface area is 175 Å². The first-order valence-electron chi connectivity index (χ1n) is 9.89. The van der Waals surface area contributed by atoms with Gasteiger partial charge in [0, 0.05) is 70.1 Å². The van der Waals surface area contributed by atoms with Crippen LogP contribution in [0.5, 0.6) is 0 Å². The zero-order chi connectivity index (χ0) is 20.1. The third-order valence-electron chi connectivity index (χ3n) is 5.01. The molecule has 0 bridgehead atoms. The van der Waals surface area contributed by atoms with Crippen LogP contribution in [-0.2, 0) is 13.0 Å². The number of guanidine groups is 1. The van der Waals surface area contributed by atoms with Gasteiger partial charge in [-0.25, -0.2) is 9.67 Å². The van der Waals surface area contributed by atoms with Gasteiger partial charge < -0.3 is 15.1 Å². The van der Waals surface area contributed by atoms with Gasteiger partial charge in [-0.1, -0.05) is 25.1 Å². The predicted octanol–water partition coefficient (Wildman–Crippen LogP) is 2.18. The third-order valence-corrected chi connectivity index (χ3v) is 5.83. The van der Waals surface area contributed by atoms with E-state index in [0.29, 0.717) is 6.54 Å². The minimum absolute atomic E-state index is 0.694. The van der Waals surface area contributed by atoms with Crippen LogP contribution in [0.1, 0.15) is 18.3 Å². The Balaban J connectivity index is 1.36. The molecule has 0 radical (unpaired) electrons. The van der Waals surface area contributed by atoms with E-state index in [2.05, 4.69) is 59.7 Å². The summed E-state index contributed by atoms with van der Waals surface area (Å²) in [5.74, 6) is 1.85. The molecule has 0 spiro atoms. The van der Waals surface area contributed by atoms with Gasteiger partial charge in [0.05, 0.1) is 5.69 Å². The summed E-state index contributed by atoms with van der Waals surface area (Å²) < 4.78 is 6.30. The number of para-hydroxylation sites is 1. The Hall–Kier alpha value is -2.94. The van der Waals surface area contributed by atoms with E-state index >= 15 is 0 Å². The van der Waals surface area contributed by atoms with Crippen molar-refractivity contribution in [3.8, 4) is 5.69 Å². The van der Waals surface area contributed by atoms with E-state index in [1.165, 1.54) is 17.1 Å². The molecule has 1 fully saturated rings. The highest BCUT2D eigenvalue weighted by molar-refractivity contribution is 7.09. The molecule has 1 aromatic carbocycles. The molecule has 1 aliphatic heterocycles. The zero-order valence-corrected chi connectivity index (χ0v) is 17.6.